The summed E-state index contributed by atoms with van der Waals surface area (Å²) in [5, 5.41) is 27.3. The lowest BCUT2D eigenvalue weighted by Crippen LogP contribution is -2.49. The van der Waals surface area contributed by atoms with Crippen LogP contribution in [0.3, 0.4) is 0 Å². The Morgan fingerprint density at radius 1 is 1.13 bits per heavy atom. The number of aromatic nitrogens is 2. The van der Waals surface area contributed by atoms with Gasteiger partial charge in [-0.05, 0) is 63.4 Å². The minimum Gasteiger partial charge on any atom is -0.733 e. The fourth-order valence-electron chi connectivity index (χ4n) is 4.09. The topological polar surface area (TPSA) is 146 Å². The summed E-state index contributed by atoms with van der Waals surface area (Å²) in [5.41, 5.74) is 6.99. The standard InChI is InChI=1S/C25H29Cl2N8O3/c1-25(2,14-29-20-8-7-19(35(37)38)24(28)31-20)32-21-9-6-18(34-11-10-33(3)13-22(34)36)23(30-21)16-5-4-15(26)12-17(16)27/h4-9,12,37H,10-11,13-14H2,1-3H3,(H,30,32)(H3,28,29,31)/q-1. The maximum atomic E-state index is 12.9. The van der Waals surface area contributed by atoms with Crippen molar-refractivity contribution in [2.45, 2.75) is 19.4 Å². The van der Waals surface area contributed by atoms with Gasteiger partial charge in [0.25, 0.3) is 0 Å². The van der Waals surface area contributed by atoms with Crippen LogP contribution in [0.15, 0.2) is 42.5 Å². The number of likely N-dealkylation sites (N-methyl/N-ethyl adjacent to an activating group) is 1. The first-order valence-electron chi connectivity index (χ1n) is 11.8. The molecule has 3 heterocycles. The summed E-state index contributed by atoms with van der Waals surface area (Å²) < 4.78 is 0. The number of pyridine rings is 2. The lowest BCUT2D eigenvalue weighted by Gasteiger charge is -2.33. The number of halogens is 2. The molecule has 1 amide bonds. The molecule has 1 fully saturated rings. The lowest BCUT2D eigenvalue weighted by molar-refractivity contribution is -0.120. The van der Waals surface area contributed by atoms with Crippen molar-refractivity contribution >= 4 is 57.9 Å². The van der Waals surface area contributed by atoms with Crippen molar-refractivity contribution in [1.29, 1.82) is 0 Å². The molecule has 1 saturated heterocycles. The van der Waals surface area contributed by atoms with Crippen LogP contribution in [0.1, 0.15) is 13.8 Å². The van der Waals surface area contributed by atoms with Gasteiger partial charge >= 0.3 is 0 Å². The van der Waals surface area contributed by atoms with E-state index in [-0.39, 0.29) is 22.6 Å². The third kappa shape index (κ3) is 6.37. The highest BCUT2D eigenvalue weighted by atomic mass is 35.5. The smallest absolute Gasteiger partial charge is 0.241 e. The van der Waals surface area contributed by atoms with Gasteiger partial charge < -0.3 is 31.7 Å². The largest absolute Gasteiger partial charge is 0.733 e. The number of benzene rings is 1. The molecule has 0 aliphatic carbocycles. The number of nitrogens with zero attached hydrogens (tertiary/aromatic N) is 5. The van der Waals surface area contributed by atoms with E-state index in [9.17, 15) is 10.0 Å². The monoisotopic (exact) mass is 559 g/mol. The van der Waals surface area contributed by atoms with Crippen LogP contribution in [0, 0.1) is 5.21 Å². The van der Waals surface area contributed by atoms with Gasteiger partial charge in [0.05, 0.1) is 34.2 Å². The Morgan fingerprint density at radius 3 is 2.53 bits per heavy atom. The summed E-state index contributed by atoms with van der Waals surface area (Å²) >= 11 is 12.7. The quantitative estimate of drug-likeness (QED) is 0.294. The van der Waals surface area contributed by atoms with Crippen molar-refractivity contribution in [2.75, 3.05) is 59.7 Å². The van der Waals surface area contributed by atoms with Gasteiger partial charge in [-0.15, -0.1) is 0 Å². The van der Waals surface area contributed by atoms with Gasteiger partial charge in [0.15, 0.2) is 5.82 Å². The molecule has 13 heteroatoms. The molecule has 0 radical (unpaired) electrons. The van der Waals surface area contributed by atoms with Crippen molar-refractivity contribution in [3.63, 3.8) is 0 Å². The van der Waals surface area contributed by atoms with E-state index in [2.05, 4.69) is 15.6 Å². The molecule has 0 saturated carbocycles. The van der Waals surface area contributed by atoms with Crippen LogP contribution < -0.4 is 26.5 Å². The van der Waals surface area contributed by atoms with E-state index in [0.717, 1.165) is 6.54 Å². The van der Waals surface area contributed by atoms with Crippen molar-refractivity contribution < 1.29 is 10.0 Å². The predicted molar refractivity (Wildman–Crippen MR) is 152 cm³/mol. The van der Waals surface area contributed by atoms with Gasteiger partial charge in [-0.25, -0.2) is 9.97 Å². The number of anilines is 5. The molecule has 202 valence electrons. The molecule has 0 bridgehead atoms. The SMILES string of the molecule is CN1CCN(c2ccc(NC(C)(C)CNc3ccc(N([O-])O)c(N)n3)nc2-c2ccc(Cl)cc2Cl)C(=O)C1. The number of hydrogen-bond donors (Lipinski definition) is 4. The van der Waals surface area contributed by atoms with Gasteiger partial charge in [-0.3, -0.25) is 14.9 Å². The molecule has 38 heavy (non-hydrogen) atoms. The molecular weight excluding hydrogens is 531 g/mol. The zero-order chi connectivity index (χ0) is 27.6. The number of piperazine rings is 1. The summed E-state index contributed by atoms with van der Waals surface area (Å²) in [4.78, 5) is 25.6. The molecule has 1 aromatic carbocycles. The number of rotatable bonds is 8. The average Bonchev–Trinajstić information content (AvgIpc) is 2.83. The Bertz CT molecular complexity index is 1340. The van der Waals surface area contributed by atoms with Crippen molar-refractivity contribution in [3.8, 4) is 11.3 Å². The third-order valence-electron chi connectivity index (χ3n) is 6.05. The third-order valence-corrected chi connectivity index (χ3v) is 6.60. The fourth-order valence-corrected chi connectivity index (χ4v) is 4.59. The van der Waals surface area contributed by atoms with E-state index >= 15 is 0 Å². The summed E-state index contributed by atoms with van der Waals surface area (Å²) in [6.07, 6.45) is 0. The number of nitrogens with one attached hydrogen (secondary N) is 2. The first-order valence-corrected chi connectivity index (χ1v) is 12.6. The van der Waals surface area contributed by atoms with Crippen LogP contribution in [-0.2, 0) is 4.79 Å². The van der Waals surface area contributed by atoms with Gasteiger partial charge in [-0.1, -0.05) is 23.2 Å². The zero-order valence-electron chi connectivity index (χ0n) is 21.2. The number of hydrogen-bond acceptors (Lipinski definition) is 10. The molecule has 0 spiro atoms. The second-order valence-corrected chi connectivity index (χ2v) is 10.6. The van der Waals surface area contributed by atoms with Crippen LogP contribution in [-0.4, -0.2) is 64.7 Å². The van der Waals surface area contributed by atoms with Crippen LogP contribution >= 0.6 is 23.2 Å². The minimum absolute atomic E-state index is 0.0174. The Hall–Kier alpha value is -3.35. The van der Waals surface area contributed by atoms with E-state index in [1.165, 1.54) is 6.07 Å². The summed E-state index contributed by atoms with van der Waals surface area (Å²) in [6.45, 7) is 5.95. The highest BCUT2D eigenvalue weighted by Gasteiger charge is 2.27. The first kappa shape index (κ1) is 27.7. The fraction of sp³-hybridized carbons (Fsp3) is 0.320. The molecule has 1 aliphatic heterocycles. The van der Waals surface area contributed by atoms with E-state index in [4.69, 9.17) is 39.1 Å². The number of nitrogens with two attached hydrogens (primary N) is 1. The van der Waals surface area contributed by atoms with Crippen molar-refractivity contribution in [3.05, 3.63) is 57.7 Å². The predicted octanol–water partition coefficient (Wildman–Crippen LogP) is 4.31. The highest BCUT2D eigenvalue weighted by molar-refractivity contribution is 6.36. The average molecular weight is 560 g/mol. The molecule has 1 aliphatic rings. The molecular formula is C25H29Cl2N8O3-. The van der Waals surface area contributed by atoms with Gasteiger partial charge in [-0.2, -0.15) is 0 Å². The highest BCUT2D eigenvalue weighted by Crippen LogP contribution is 2.37. The molecule has 4 rings (SSSR count). The van der Waals surface area contributed by atoms with Crippen LogP contribution in [0.2, 0.25) is 10.0 Å². The Balaban J connectivity index is 1.60. The lowest BCUT2D eigenvalue weighted by atomic mass is 10.0. The maximum absolute atomic E-state index is 12.9. The van der Waals surface area contributed by atoms with E-state index in [0.29, 0.717) is 58.3 Å². The first-order chi connectivity index (χ1) is 17.9. The van der Waals surface area contributed by atoms with E-state index in [1.54, 1.807) is 29.2 Å². The minimum atomic E-state index is -0.518. The number of carbonyl (C=O) groups excluding carboxylic acids is 1. The normalized spacial score (nSPS) is 14.5. The Labute approximate surface area is 230 Å². The molecule has 11 nitrogen and oxygen atoms in total. The van der Waals surface area contributed by atoms with Crippen LogP contribution in [0.4, 0.5) is 28.8 Å². The number of nitrogen functional groups attached to an aromatic ring is 1. The molecule has 3 aromatic rings. The van der Waals surface area contributed by atoms with Gasteiger partial charge in [0.2, 0.25) is 5.91 Å². The van der Waals surface area contributed by atoms with E-state index in [1.807, 2.05) is 37.9 Å². The van der Waals surface area contributed by atoms with Crippen molar-refractivity contribution in [1.82, 2.24) is 14.9 Å². The molecule has 0 unspecified atom stereocenters. The van der Waals surface area contributed by atoms with E-state index < -0.39 is 5.54 Å². The summed E-state index contributed by atoms with van der Waals surface area (Å²) in [5.74, 6) is 0.899. The van der Waals surface area contributed by atoms with Gasteiger partial charge in [0.1, 0.15) is 11.6 Å². The van der Waals surface area contributed by atoms with Crippen LogP contribution in [0.5, 0.6) is 0 Å². The summed E-state index contributed by atoms with van der Waals surface area (Å²) in [7, 11) is 1.91. The second kappa shape index (κ2) is 11.2. The summed E-state index contributed by atoms with van der Waals surface area (Å²) in [6, 6.07) is 11.8. The molecule has 5 N–H and O–H groups in total. The second-order valence-electron chi connectivity index (χ2n) is 9.71. The molecule has 0 atom stereocenters. The van der Waals surface area contributed by atoms with Crippen molar-refractivity contribution in [2.24, 2.45) is 0 Å². The molecule has 2 aromatic heterocycles. The van der Waals surface area contributed by atoms with Crippen LogP contribution in [0.25, 0.3) is 11.3 Å². The Morgan fingerprint density at radius 2 is 1.87 bits per heavy atom. The Kier molecular flexibility index (Phi) is 8.14. The zero-order valence-corrected chi connectivity index (χ0v) is 22.7. The van der Waals surface area contributed by atoms with Gasteiger partial charge in [0, 0.05) is 30.2 Å². The number of amides is 1. The number of carbonyl (C=O) groups is 1. The maximum Gasteiger partial charge on any atom is 0.241 e.